The molecule has 0 aliphatic carbocycles. The van der Waals surface area contributed by atoms with Gasteiger partial charge in [-0.15, -0.1) is 0 Å². The molecule has 13 heteroatoms. The highest BCUT2D eigenvalue weighted by atomic mass is 19.4. The number of rotatable bonds is 7. The quantitative estimate of drug-likeness (QED) is 0.507. The molecular weight excluding hydrogens is 451 g/mol. The van der Waals surface area contributed by atoms with Crippen LogP contribution in [-0.2, 0) is 5.54 Å². The molecule has 0 spiro atoms. The summed E-state index contributed by atoms with van der Waals surface area (Å²) in [7, 11) is 1.71. The number of nitrogens with one attached hydrogen (secondary N) is 2. The lowest BCUT2D eigenvalue weighted by Crippen LogP contribution is -2.63. The molecule has 3 aromatic rings. The first-order valence-electron chi connectivity index (χ1n) is 10.5. The SMILES string of the molecule is CN=CCC1(n2cc(-c3cn[nH]c3C)cn2)CN(c2cnc(C(=O)N[C@@H](C)C(F)(F)F)cn2)C1. The van der Waals surface area contributed by atoms with Crippen molar-refractivity contribution in [2.75, 3.05) is 25.0 Å². The van der Waals surface area contributed by atoms with Crippen molar-refractivity contribution >= 4 is 17.9 Å². The van der Waals surface area contributed by atoms with Gasteiger partial charge in [-0.3, -0.25) is 14.6 Å². The second-order valence-electron chi connectivity index (χ2n) is 8.30. The van der Waals surface area contributed by atoms with Gasteiger partial charge in [-0.25, -0.2) is 9.97 Å². The van der Waals surface area contributed by atoms with E-state index in [4.69, 9.17) is 0 Å². The van der Waals surface area contributed by atoms with E-state index < -0.39 is 18.1 Å². The van der Waals surface area contributed by atoms with Gasteiger partial charge in [0, 0.05) is 55.8 Å². The fourth-order valence-electron chi connectivity index (χ4n) is 3.77. The van der Waals surface area contributed by atoms with Crippen LogP contribution >= 0.6 is 0 Å². The zero-order chi connectivity index (χ0) is 24.5. The standard InChI is InChI=1S/C21H24F3N9O/c1-13-16(7-28-31-13)15-6-29-33(10-15)20(4-5-25-3)11-32(12-20)18-9-26-17(8-27-18)19(34)30-14(2)21(22,23)24/h5-10,14H,4,11-12H2,1-3H3,(H,28,31)(H,30,34)/t14-/m0/s1. The number of carbonyl (C=O) groups excluding carboxylic acids is 1. The normalized spacial score (nSPS) is 16.5. The first-order chi connectivity index (χ1) is 16.1. The van der Waals surface area contributed by atoms with Gasteiger partial charge in [-0.05, 0) is 13.8 Å². The van der Waals surface area contributed by atoms with E-state index >= 15 is 0 Å². The molecule has 1 saturated heterocycles. The van der Waals surface area contributed by atoms with Gasteiger partial charge in [0.05, 0.1) is 24.8 Å². The molecule has 1 atom stereocenters. The van der Waals surface area contributed by atoms with Gasteiger partial charge in [-0.1, -0.05) is 0 Å². The van der Waals surface area contributed by atoms with E-state index in [1.165, 1.54) is 12.4 Å². The number of aliphatic imine (C=N–C) groups is 1. The third-order valence-corrected chi connectivity index (χ3v) is 5.87. The van der Waals surface area contributed by atoms with Crippen LogP contribution in [0, 0.1) is 6.92 Å². The second-order valence-corrected chi connectivity index (χ2v) is 8.30. The Balaban J connectivity index is 1.47. The molecule has 0 radical (unpaired) electrons. The Kier molecular flexibility index (Phi) is 6.11. The summed E-state index contributed by atoms with van der Waals surface area (Å²) >= 11 is 0. The number of aryl methyl sites for hydroxylation is 1. The van der Waals surface area contributed by atoms with Crippen LogP contribution in [0.5, 0.6) is 0 Å². The largest absolute Gasteiger partial charge is 0.408 e. The predicted molar refractivity (Wildman–Crippen MR) is 119 cm³/mol. The Hall–Kier alpha value is -3.77. The van der Waals surface area contributed by atoms with Crippen molar-refractivity contribution in [3.05, 3.63) is 42.4 Å². The molecule has 180 valence electrons. The van der Waals surface area contributed by atoms with Gasteiger partial charge in [0.15, 0.2) is 0 Å². The molecule has 1 fully saturated rings. The zero-order valence-electron chi connectivity index (χ0n) is 18.8. The number of nitrogens with zero attached hydrogens (tertiary/aromatic N) is 7. The highest BCUT2D eigenvalue weighted by molar-refractivity contribution is 5.92. The number of aromatic amines is 1. The molecule has 0 bridgehead atoms. The smallest absolute Gasteiger partial charge is 0.350 e. The maximum Gasteiger partial charge on any atom is 0.408 e. The minimum absolute atomic E-state index is 0.183. The number of alkyl halides is 3. The molecule has 0 aromatic carbocycles. The fourth-order valence-corrected chi connectivity index (χ4v) is 3.77. The van der Waals surface area contributed by atoms with E-state index in [0.717, 1.165) is 23.7 Å². The number of carbonyl (C=O) groups is 1. The van der Waals surface area contributed by atoms with Crippen molar-refractivity contribution in [3.8, 4) is 11.1 Å². The predicted octanol–water partition coefficient (Wildman–Crippen LogP) is 2.36. The molecule has 1 amide bonds. The van der Waals surface area contributed by atoms with Gasteiger partial charge in [0.25, 0.3) is 5.91 Å². The Bertz CT molecular complexity index is 1180. The van der Waals surface area contributed by atoms with Crippen LogP contribution in [0.4, 0.5) is 19.0 Å². The molecule has 4 heterocycles. The van der Waals surface area contributed by atoms with Crippen LogP contribution in [0.1, 0.15) is 29.5 Å². The van der Waals surface area contributed by atoms with E-state index in [0.29, 0.717) is 25.3 Å². The second kappa shape index (κ2) is 8.88. The summed E-state index contributed by atoms with van der Waals surface area (Å²) in [6.45, 7) is 3.94. The first-order valence-corrected chi connectivity index (χ1v) is 10.5. The minimum atomic E-state index is -4.53. The van der Waals surface area contributed by atoms with E-state index in [9.17, 15) is 18.0 Å². The third-order valence-electron chi connectivity index (χ3n) is 5.87. The maximum absolute atomic E-state index is 12.7. The van der Waals surface area contributed by atoms with E-state index in [1.54, 1.807) is 19.4 Å². The monoisotopic (exact) mass is 475 g/mol. The molecule has 0 saturated carbocycles. The van der Waals surface area contributed by atoms with Crippen LogP contribution in [0.2, 0.25) is 0 Å². The Morgan fingerprint density at radius 2 is 2.06 bits per heavy atom. The summed E-state index contributed by atoms with van der Waals surface area (Å²) in [6, 6.07) is -1.98. The minimum Gasteiger partial charge on any atom is -0.350 e. The molecular formula is C21H24F3N9O. The maximum atomic E-state index is 12.7. The average Bonchev–Trinajstić information content (AvgIpc) is 3.42. The van der Waals surface area contributed by atoms with Crippen LogP contribution in [0.25, 0.3) is 11.1 Å². The Labute approximate surface area is 193 Å². The molecule has 10 nitrogen and oxygen atoms in total. The van der Waals surface area contributed by atoms with E-state index in [-0.39, 0.29) is 11.2 Å². The lowest BCUT2D eigenvalue weighted by molar-refractivity contribution is -0.149. The number of hydrogen-bond acceptors (Lipinski definition) is 7. The van der Waals surface area contributed by atoms with Crippen LogP contribution in [-0.4, -0.2) is 74.4 Å². The van der Waals surface area contributed by atoms with Gasteiger partial charge in [0.2, 0.25) is 0 Å². The Morgan fingerprint density at radius 3 is 2.65 bits per heavy atom. The van der Waals surface area contributed by atoms with Crippen molar-refractivity contribution in [1.82, 2.24) is 35.3 Å². The topological polar surface area (TPSA) is 117 Å². The third kappa shape index (κ3) is 4.50. The summed E-state index contributed by atoms with van der Waals surface area (Å²) in [5.74, 6) is -0.415. The van der Waals surface area contributed by atoms with Gasteiger partial charge in [0.1, 0.15) is 23.1 Å². The van der Waals surface area contributed by atoms with Crippen molar-refractivity contribution in [3.63, 3.8) is 0 Å². The summed E-state index contributed by atoms with van der Waals surface area (Å²) in [4.78, 5) is 26.4. The van der Waals surface area contributed by atoms with E-state index in [1.807, 2.05) is 34.2 Å². The highest BCUT2D eigenvalue weighted by Crippen LogP contribution is 2.35. The number of anilines is 1. The van der Waals surface area contributed by atoms with Gasteiger partial charge < -0.3 is 15.2 Å². The summed E-state index contributed by atoms with van der Waals surface area (Å²) in [5, 5.41) is 13.4. The van der Waals surface area contributed by atoms with Gasteiger partial charge in [-0.2, -0.15) is 23.4 Å². The molecule has 1 aliphatic heterocycles. The van der Waals surface area contributed by atoms with Crippen molar-refractivity contribution in [2.45, 2.75) is 38.0 Å². The molecule has 2 N–H and O–H groups in total. The van der Waals surface area contributed by atoms with Crippen LogP contribution in [0.3, 0.4) is 0 Å². The number of amides is 1. The number of hydrogen-bond donors (Lipinski definition) is 2. The molecule has 34 heavy (non-hydrogen) atoms. The summed E-state index contributed by atoms with van der Waals surface area (Å²) < 4.78 is 39.9. The van der Waals surface area contributed by atoms with Crippen molar-refractivity contribution < 1.29 is 18.0 Å². The molecule has 0 unspecified atom stereocenters. The van der Waals surface area contributed by atoms with Crippen molar-refractivity contribution in [1.29, 1.82) is 0 Å². The Morgan fingerprint density at radius 1 is 1.29 bits per heavy atom. The van der Waals surface area contributed by atoms with Crippen LogP contribution < -0.4 is 10.2 Å². The molecule has 1 aliphatic rings. The van der Waals surface area contributed by atoms with Crippen LogP contribution in [0.15, 0.2) is 36.0 Å². The van der Waals surface area contributed by atoms with E-state index in [2.05, 4.69) is 30.3 Å². The van der Waals surface area contributed by atoms with Gasteiger partial charge >= 0.3 is 6.18 Å². The summed E-state index contributed by atoms with van der Waals surface area (Å²) in [5.41, 5.74) is 2.33. The molecule has 3 aromatic heterocycles. The number of aromatic nitrogens is 6. The number of halogens is 3. The lowest BCUT2D eigenvalue weighted by Gasteiger charge is -2.50. The highest BCUT2D eigenvalue weighted by Gasteiger charge is 2.45. The lowest BCUT2D eigenvalue weighted by atomic mass is 9.86. The summed E-state index contributed by atoms with van der Waals surface area (Å²) in [6.07, 6.45) is 6.03. The van der Waals surface area contributed by atoms with Crippen molar-refractivity contribution in [2.24, 2.45) is 4.99 Å². The average molecular weight is 475 g/mol. The first kappa shape index (κ1) is 23.4. The zero-order valence-corrected chi connectivity index (χ0v) is 18.8. The fraction of sp³-hybridized carbons (Fsp3) is 0.429. The number of H-pyrrole nitrogens is 1. The molecule has 4 rings (SSSR count).